The van der Waals surface area contributed by atoms with Gasteiger partial charge >= 0.3 is 0 Å². The van der Waals surface area contributed by atoms with E-state index in [1.165, 1.54) is 30.3 Å². The van der Waals surface area contributed by atoms with Gasteiger partial charge in [-0.2, -0.15) is 0 Å². The first-order valence-electron chi connectivity index (χ1n) is 11.2. The van der Waals surface area contributed by atoms with Crippen LogP contribution in [-0.4, -0.2) is 49.8 Å². The third-order valence-electron chi connectivity index (χ3n) is 5.69. The minimum Gasteiger partial charge on any atom is -0.366 e. The first-order valence-corrected chi connectivity index (χ1v) is 12.1. The average Bonchev–Trinajstić information content (AvgIpc) is 3.22. The molecule has 2 amide bonds. The number of nitrogens with zero attached hydrogens (tertiary/aromatic N) is 4. The van der Waals surface area contributed by atoms with Crippen molar-refractivity contribution in [1.29, 1.82) is 0 Å². The van der Waals surface area contributed by atoms with Gasteiger partial charge in [0.25, 0.3) is 0 Å². The summed E-state index contributed by atoms with van der Waals surface area (Å²) in [5.74, 6) is -0.310. The largest absolute Gasteiger partial charge is 0.366 e. The maximum absolute atomic E-state index is 13.6. The van der Waals surface area contributed by atoms with Crippen LogP contribution in [0.15, 0.2) is 53.7 Å². The molecule has 0 saturated carbocycles. The Morgan fingerprint density at radius 3 is 2.38 bits per heavy atom. The highest BCUT2D eigenvalue weighted by atomic mass is 32.2. The number of likely N-dealkylation sites (tertiary alicyclic amines) is 1. The molecule has 3 aromatic rings. The van der Waals surface area contributed by atoms with Gasteiger partial charge in [0.1, 0.15) is 5.82 Å². The summed E-state index contributed by atoms with van der Waals surface area (Å²) in [6, 6.07) is 12.6. The molecule has 1 aliphatic heterocycles. The van der Waals surface area contributed by atoms with E-state index in [2.05, 4.69) is 20.4 Å². The lowest BCUT2D eigenvalue weighted by molar-refractivity contribution is -0.115. The molecule has 1 atom stereocenters. The second-order valence-electron chi connectivity index (χ2n) is 8.24. The molecule has 34 heavy (non-hydrogen) atoms. The van der Waals surface area contributed by atoms with Crippen LogP contribution in [-0.2, 0) is 11.3 Å². The van der Waals surface area contributed by atoms with Gasteiger partial charge < -0.3 is 11.1 Å². The van der Waals surface area contributed by atoms with Gasteiger partial charge in [-0.1, -0.05) is 18.2 Å². The van der Waals surface area contributed by atoms with Crippen molar-refractivity contribution in [3.8, 4) is 5.69 Å². The minimum absolute atomic E-state index is 0.219. The smallest absolute Gasteiger partial charge is 0.248 e. The van der Waals surface area contributed by atoms with Crippen LogP contribution in [0.4, 0.5) is 10.1 Å². The van der Waals surface area contributed by atoms with E-state index in [9.17, 15) is 14.0 Å². The van der Waals surface area contributed by atoms with Gasteiger partial charge in [-0.05, 0) is 81.4 Å². The normalized spacial score (nSPS) is 15.1. The van der Waals surface area contributed by atoms with Crippen molar-refractivity contribution in [3.05, 3.63) is 65.7 Å². The van der Waals surface area contributed by atoms with Crippen LogP contribution in [0.1, 0.15) is 42.4 Å². The molecule has 2 aromatic carbocycles. The Hall–Kier alpha value is -3.24. The zero-order valence-corrected chi connectivity index (χ0v) is 19.7. The molecule has 1 saturated heterocycles. The van der Waals surface area contributed by atoms with Crippen molar-refractivity contribution in [2.75, 3.05) is 18.4 Å². The van der Waals surface area contributed by atoms with E-state index in [1.807, 2.05) is 4.57 Å². The van der Waals surface area contributed by atoms with Crippen molar-refractivity contribution in [1.82, 2.24) is 19.7 Å². The van der Waals surface area contributed by atoms with E-state index in [4.69, 9.17) is 5.73 Å². The standard InChI is InChI=1S/C24H27FN6O2S/c1-16(23(33)27-19-9-5-17(6-10-19)22(26)32)34-24-29-28-21(15-30-13-3-2-4-14-30)31(24)20-11-7-18(25)8-12-20/h5-12,16H,2-4,13-15H2,1H3,(H2,26,32)(H,27,33)/t16-/m1/s1. The van der Waals surface area contributed by atoms with E-state index in [0.717, 1.165) is 37.4 Å². The molecule has 0 bridgehead atoms. The molecule has 1 aromatic heterocycles. The van der Waals surface area contributed by atoms with Gasteiger partial charge in [0, 0.05) is 16.9 Å². The lowest BCUT2D eigenvalue weighted by Crippen LogP contribution is -2.30. The van der Waals surface area contributed by atoms with Crippen LogP contribution in [0, 0.1) is 5.82 Å². The number of halogens is 1. The Bertz CT molecular complexity index is 1140. The fourth-order valence-electron chi connectivity index (χ4n) is 3.82. The SMILES string of the molecule is C[C@@H](Sc1nnc(CN2CCCCC2)n1-c1ccc(F)cc1)C(=O)Nc1ccc(C(N)=O)cc1. The molecule has 178 valence electrons. The summed E-state index contributed by atoms with van der Waals surface area (Å²) in [6.07, 6.45) is 3.55. The lowest BCUT2D eigenvalue weighted by Gasteiger charge is -2.26. The number of amides is 2. The predicted octanol–water partition coefficient (Wildman–Crippen LogP) is 3.61. The zero-order chi connectivity index (χ0) is 24.1. The average molecular weight is 483 g/mol. The van der Waals surface area contributed by atoms with E-state index < -0.39 is 11.2 Å². The summed E-state index contributed by atoms with van der Waals surface area (Å²) in [5, 5.41) is 11.7. The number of aromatic nitrogens is 3. The highest BCUT2D eigenvalue weighted by Gasteiger charge is 2.23. The van der Waals surface area contributed by atoms with Crippen LogP contribution >= 0.6 is 11.8 Å². The summed E-state index contributed by atoms with van der Waals surface area (Å²) >= 11 is 1.28. The van der Waals surface area contributed by atoms with Crippen LogP contribution in [0.25, 0.3) is 5.69 Å². The molecule has 8 nitrogen and oxygen atoms in total. The maximum Gasteiger partial charge on any atom is 0.248 e. The molecule has 1 fully saturated rings. The molecular weight excluding hydrogens is 455 g/mol. The number of nitrogens with two attached hydrogens (primary N) is 1. The number of carbonyl (C=O) groups excluding carboxylic acids is 2. The molecule has 3 N–H and O–H groups in total. The van der Waals surface area contributed by atoms with Gasteiger partial charge in [0.15, 0.2) is 11.0 Å². The number of rotatable bonds is 8. The molecule has 2 heterocycles. The fraction of sp³-hybridized carbons (Fsp3) is 0.333. The zero-order valence-electron chi connectivity index (χ0n) is 18.9. The molecule has 4 rings (SSSR count). The number of anilines is 1. The maximum atomic E-state index is 13.6. The number of primary amides is 1. The van der Waals surface area contributed by atoms with Gasteiger partial charge in [0.2, 0.25) is 11.8 Å². The summed E-state index contributed by atoms with van der Waals surface area (Å²) in [4.78, 5) is 26.4. The van der Waals surface area contributed by atoms with Crippen LogP contribution < -0.4 is 11.1 Å². The quantitative estimate of drug-likeness (QED) is 0.475. The molecule has 10 heteroatoms. The Labute approximate surface area is 201 Å². The second-order valence-corrected chi connectivity index (χ2v) is 9.55. The molecule has 0 aliphatic carbocycles. The molecule has 1 aliphatic rings. The lowest BCUT2D eigenvalue weighted by atomic mass is 10.1. The highest BCUT2D eigenvalue weighted by Crippen LogP contribution is 2.27. The van der Waals surface area contributed by atoms with Crippen molar-refractivity contribution >= 4 is 29.3 Å². The van der Waals surface area contributed by atoms with E-state index in [1.54, 1.807) is 43.3 Å². The molecule has 0 unspecified atom stereocenters. The summed E-state index contributed by atoms with van der Waals surface area (Å²) < 4.78 is 15.5. The Balaban J connectivity index is 1.52. The molecule has 0 radical (unpaired) electrons. The highest BCUT2D eigenvalue weighted by molar-refractivity contribution is 8.00. The van der Waals surface area contributed by atoms with Crippen LogP contribution in [0.2, 0.25) is 0 Å². The van der Waals surface area contributed by atoms with E-state index in [0.29, 0.717) is 23.0 Å². The number of nitrogens with one attached hydrogen (secondary N) is 1. The monoisotopic (exact) mass is 482 g/mol. The van der Waals surface area contributed by atoms with Gasteiger partial charge in [0.05, 0.1) is 11.8 Å². The van der Waals surface area contributed by atoms with Gasteiger partial charge in [-0.25, -0.2) is 4.39 Å². The number of piperidine rings is 1. The minimum atomic E-state index is -0.526. The topological polar surface area (TPSA) is 106 Å². The Morgan fingerprint density at radius 2 is 1.74 bits per heavy atom. The Kier molecular flexibility index (Phi) is 7.59. The van der Waals surface area contributed by atoms with E-state index >= 15 is 0 Å². The van der Waals surface area contributed by atoms with Crippen molar-refractivity contribution in [3.63, 3.8) is 0 Å². The van der Waals surface area contributed by atoms with Crippen LogP contribution in [0.3, 0.4) is 0 Å². The number of thioether (sulfide) groups is 1. The number of hydrogen-bond donors (Lipinski definition) is 2. The van der Waals surface area contributed by atoms with Crippen molar-refractivity contribution in [2.45, 2.75) is 43.1 Å². The third kappa shape index (κ3) is 5.81. The second kappa shape index (κ2) is 10.8. The van der Waals surface area contributed by atoms with Crippen molar-refractivity contribution < 1.29 is 14.0 Å². The molecule has 0 spiro atoms. The number of benzene rings is 2. The summed E-state index contributed by atoms with van der Waals surface area (Å²) in [7, 11) is 0. The van der Waals surface area contributed by atoms with Crippen LogP contribution in [0.5, 0.6) is 0 Å². The fourth-order valence-corrected chi connectivity index (χ4v) is 4.71. The first-order chi connectivity index (χ1) is 16.4. The van der Waals surface area contributed by atoms with Gasteiger partial charge in [-0.15, -0.1) is 10.2 Å². The predicted molar refractivity (Wildman–Crippen MR) is 129 cm³/mol. The Morgan fingerprint density at radius 1 is 1.06 bits per heavy atom. The first kappa shape index (κ1) is 23.9. The van der Waals surface area contributed by atoms with E-state index in [-0.39, 0.29) is 11.7 Å². The number of hydrogen-bond acceptors (Lipinski definition) is 6. The van der Waals surface area contributed by atoms with Crippen molar-refractivity contribution in [2.24, 2.45) is 5.73 Å². The number of carbonyl (C=O) groups is 2. The third-order valence-corrected chi connectivity index (χ3v) is 6.73. The summed E-state index contributed by atoms with van der Waals surface area (Å²) in [5.41, 5.74) is 6.94. The summed E-state index contributed by atoms with van der Waals surface area (Å²) in [6.45, 7) is 4.43. The molecular formula is C24H27FN6O2S. The van der Waals surface area contributed by atoms with Gasteiger partial charge in [-0.3, -0.25) is 19.1 Å².